The van der Waals surface area contributed by atoms with Gasteiger partial charge in [0.15, 0.2) is 6.23 Å². The van der Waals surface area contributed by atoms with Crippen molar-refractivity contribution in [3.63, 3.8) is 0 Å². The average molecular weight is 433 g/mol. The fourth-order valence-corrected chi connectivity index (χ4v) is 2.81. The van der Waals surface area contributed by atoms with Gasteiger partial charge in [-0.3, -0.25) is 14.3 Å². The van der Waals surface area contributed by atoms with Crippen molar-refractivity contribution in [2.45, 2.75) is 22.4 Å². The van der Waals surface area contributed by atoms with Gasteiger partial charge < -0.3 is 14.9 Å². The summed E-state index contributed by atoms with van der Waals surface area (Å²) in [6.07, 6.45) is -1.16. The third-order valence-corrected chi connectivity index (χ3v) is 4.77. The molecule has 0 aromatic carbocycles. The first-order valence-corrected chi connectivity index (χ1v) is 7.09. The van der Waals surface area contributed by atoms with E-state index >= 15 is 0 Å². The Kier molecular flexibility index (Phi) is 4.26. The van der Waals surface area contributed by atoms with Gasteiger partial charge >= 0.3 is 5.69 Å². The number of aromatic amines is 1. The zero-order valence-corrected chi connectivity index (χ0v) is 12.7. The van der Waals surface area contributed by atoms with E-state index in [1.165, 1.54) is 6.20 Å². The zero-order valence-electron chi connectivity index (χ0n) is 8.92. The summed E-state index contributed by atoms with van der Waals surface area (Å²) >= 11 is 4.96. The number of halogens is 2. The van der Waals surface area contributed by atoms with Crippen LogP contribution in [0.25, 0.3) is 0 Å². The van der Waals surface area contributed by atoms with E-state index in [-0.39, 0.29) is 15.0 Å². The summed E-state index contributed by atoms with van der Waals surface area (Å²) in [5.41, 5.74) is -1.22. The molecule has 0 spiro atoms. The van der Waals surface area contributed by atoms with Crippen molar-refractivity contribution in [3.05, 3.63) is 31.5 Å². The Morgan fingerprint density at radius 1 is 1.56 bits per heavy atom. The van der Waals surface area contributed by atoms with Crippen molar-refractivity contribution < 1.29 is 14.9 Å². The first-order chi connectivity index (χ1) is 8.45. The SMILES string of the molecule is O=c1[nH]c(=O)n([C@@H]2O[C@H](CO)[C@@H](I)[C@H]2O)cc1Br. The molecule has 1 aliphatic heterocycles. The van der Waals surface area contributed by atoms with Gasteiger partial charge in [-0.1, -0.05) is 22.6 Å². The van der Waals surface area contributed by atoms with Crippen molar-refractivity contribution in [1.29, 1.82) is 0 Å². The Bertz CT molecular complexity index is 559. The largest absolute Gasteiger partial charge is 0.394 e. The summed E-state index contributed by atoms with van der Waals surface area (Å²) in [6.45, 7) is -0.250. The van der Waals surface area contributed by atoms with E-state index in [1.54, 1.807) is 0 Å². The average Bonchev–Trinajstić information content (AvgIpc) is 2.61. The van der Waals surface area contributed by atoms with Gasteiger partial charge in [0, 0.05) is 6.20 Å². The van der Waals surface area contributed by atoms with Crippen LogP contribution in [-0.2, 0) is 4.74 Å². The number of aliphatic hydroxyl groups is 2. The van der Waals surface area contributed by atoms with Gasteiger partial charge in [-0.2, -0.15) is 0 Å². The third-order valence-electron chi connectivity index (χ3n) is 2.67. The molecule has 4 atom stereocenters. The van der Waals surface area contributed by atoms with E-state index in [4.69, 9.17) is 9.84 Å². The fourth-order valence-electron chi connectivity index (χ4n) is 1.74. The smallest absolute Gasteiger partial charge is 0.330 e. The minimum atomic E-state index is -0.946. The Labute approximate surface area is 123 Å². The van der Waals surface area contributed by atoms with Gasteiger partial charge in [0.25, 0.3) is 5.56 Å². The third kappa shape index (κ3) is 2.41. The lowest BCUT2D eigenvalue weighted by Gasteiger charge is -2.17. The zero-order chi connectivity index (χ0) is 13.4. The summed E-state index contributed by atoms with van der Waals surface area (Å²) in [5, 5.41) is 19.1. The Morgan fingerprint density at radius 3 is 2.78 bits per heavy atom. The normalized spacial score (nSPS) is 31.8. The highest BCUT2D eigenvalue weighted by Crippen LogP contribution is 2.33. The molecule has 1 saturated heterocycles. The van der Waals surface area contributed by atoms with Gasteiger partial charge in [0.05, 0.1) is 21.1 Å². The summed E-state index contributed by atoms with van der Waals surface area (Å²) < 4.78 is 6.33. The van der Waals surface area contributed by atoms with Crippen LogP contribution in [-0.4, -0.2) is 42.5 Å². The second-order valence-electron chi connectivity index (χ2n) is 3.83. The lowest BCUT2D eigenvalue weighted by atomic mass is 10.2. The second kappa shape index (κ2) is 5.41. The van der Waals surface area contributed by atoms with Crippen molar-refractivity contribution in [2.24, 2.45) is 0 Å². The first-order valence-electron chi connectivity index (χ1n) is 5.05. The molecule has 9 heteroatoms. The van der Waals surface area contributed by atoms with E-state index in [9.17, 15) is 14.7 Å². The Morgan fingerprint density at radius 2 is 2.22 bits per heavy atom. The fraction of sp³-hybridized carbons (Fsp3) is 0.556. The van der Waals surface area contributed by atoms with E-state index in [2.05, 4.69) is 20.9 Å². The summed E-state index contributed by atoms with van der Waals surface area (Å²) in [4.78, 5) is 25.0. The number of alkyl halides is 1. The molecule has 1 aromatic rings. The molecule has 0 aliphatic carbocycles. The number of nitrogens with one attached hydrogen (secondary N) is 1. The lowest BCUT2D eigenvalue weighted by Crippen LogP contribution is -2.36. The minimum absolute atomic E-state index is 0.162. The standard InChI is InChI=1S/C9H10BrIN2O5/c10-3-1-13(9(17)12-7(3)16)8-6(15)5(11)4(2-14)18-8/h1,4-6,8,14-15H,2H2,(H,12,16,17)/t4-,5-,6-,8-/m1/s1. The molecular formula is C9H10BrIN2O5. The van der Waals surface area contributed by atoms with Gasteiger partial charge in [0.1, 0.15) is 6.10 Å². The van der Waals surface area contributed by atoms with Gasteiger partial charge in [0.2, 0.25) is 0 Å². The van der Waals surface area contributed by atoms with Crippen LogP contribution in [0.3, 0.4) is 0 Å². The van der Waals surface area contributed by atoms with Crippen LogP contribution in [0.15, 0.2) is 20.3 Å². The van der Waals surface area contributed by atoms with Crippen LogP contribution >= 0.6 is 38.5 Å². The maximum Gasteiger partial charge on any atom is 0.330 e. The van der Waals surface area contributed by atoms with Crippen LogP contribution in [0.5, 0.6) is 0 Å². The van der Waals surface area contributed by atoms with E-state index in [1.807, 2.05) is 22.6 Å². The molecule has 0 unspecified atom stereocenters. The predicted molar refractivity (Wildman–Crippen MR) is 73.8 cm³/mol. The number of hydrogen-bond acceptors (Lipinski definition) is 5. The van der Waals surface area contributed by atoms with Crippen LogP contribution in [0, 0.1) is 0 Å². The quantitative estimate of drug-likeness (QED) is 0.425. The Hall–Kier alpha value is -0.230. The molecule has 100 valence electrons. The van der Waals surface area contributed by atoms with Gasteiger partial charge in [-0.15, -0.1) is 0 Å². The van der Waals surface area contributed by atoms with Crippen LogP contribution in [0.4, 0.5) is 0 Å². The molecule has 2 heterocycles. The lowest BCUT2D eigenvalue weighted by molar-refractivity contribution is -0.0530. The second-order valence-corrected chi connectivity index (χ2v) is 6.12. The molecule has 2 rings (SSSR count). The molecule has 1 aromatic heterocycles. The molecule has 0 radical (unpaired) electrons. The number of ether oxygens (including phenoxy) is 1. The summed E-state index contributed by atoms with van der Waals surface area (Å²) in [5.74, 6) is 0. The predicted octanol–water partition coefficient (Wildman–Crippen LogP) is -0.647. The number of aliphatic hydroxyl groups excluding tert-OH is 2. The van der Waals surface area contributed by atoms with Crippen molar-refractivity contribution in [1.82, 2.24) is 9.55 Å². The van der Waals surface area contributed by atoms with E-state index in [0.29, 0.717) is 0 Å². The maximum atomic E-state index is 11.7. The van der Waals surface area contributed by atoms with Crippen molar-refractivity contribution in [3.8, 4) is 0 Å². The highest BCUT2D eigenvalue weighted by molar-refractivity contribution is 14.1. The maximum absolute atomic E-state index is 11.7. The van der Waals surface area contributed by atoms with Crippen LogP contribution in [0.1, 0.15) is 6.23 Å². The molecule has 3 N–H and O–H groups in total. The van der Waals surface area contributed by atoms with E-state index < -0.39 is 29.7 Å². The van der Waals surface area contributed by atoms with Gasteiger partial charge in [-0.25, -0.2) is 4.79 Å². The number of rotatable bonds is 2. The molecular weight excluding hydrogens is 423 g/mol. The van der Waals surface area contributed by atoms with Crippen molar-refractivity contribution >= 4 is 38.5 Å². The first kappa shape index (κ1) is 14.2. The molecule has 7 nitrogen and oxygen atoms in total. The highest BCUT2D eigenvalue weighted by atomic mass is 127. The summed E-state index contributed by atoms with van der Waals surface area (Å²) in [7, 11) is 0. The van der Waals surface area contributed by atoms with Crippen LogP contribution < -0.4 is 11.2 Å². The molecule has 18 heavy (non-hydrogen) atoms. The van der Waals surface area contributed by atoms with E-state index in [0.717, 1.165) is 4.57 Å². The molecule has 0 saturated carbocycles. The molecule has 1 fully saturated rings. The highest BCUT2D eigenvalue weighted by Gasteiger charge is 2.43. The number of hydrogen-bond donors (Lipinski definition) is 3. The molecule has 0 amide bonds. The number of H-pyrrole nitrogens is 1. The summed E-state index contributed by atoms with van der Waals surface area (Å²) in [6, 6.07) is 0. The van der Waals surface area contributed by atoms with Crippen molar-refractivity contribution in [2.75, 3.05) is 6.61 Å². The number of nitrogens with zero attached hydrogens (tertiary/aromatic N) is 1. The molecule has 1 aliphatic rings. The Balaban J connectivity index is 2.42. The monoisotopic (exact) mass is 432 g/mol. The molecule has 0 bridgehead atoms. The topological polar surface area (TPSA) is 105 Å². The number of aromatic nitrogens is 2. The van der Waals surface area contributed by atoms with Gasteiger partial charge in [-0.05, 0) is 15.9 Å². The minimum Gasteiger partial charge on any atom is -0.394 e. The van der Waals surface area contributed by atoms with Crippen LogP contribution in [0.2, 0.25) is 0 Å².